The minimum absolute atomic E-state index is 0.910. The van der Waals surface area contributed by atoms with Crippen molar-refractivity contribution in [2.75, 3.05) is 11.6 Å². The second-order valence-corrected chi connectivity index (χ2v) is 5.14. The third-order valence-corrected chi connectivity index (χ3v) is 3.71. The molecule has 0 spiro atoms. The number of hydrogen-bond acceptors (Lipinski definition) is 2. The molecule has 0 atom stereocenters. The van der Waals surface area contributed by atoms with Crippen LogP contribution in [0.5, 0.6) is 0 Å². The Hall–Kier alpha value is -0.740. The molecule has 0 unspecified atom stereocenters. The van der Waals surface area contributed by atoms with Crippen molar-refractivity contribution in [2.45, 2.75) is 17.7 Å². The van der Waals surface area contributed by atoms with E-state index in [1.807, 2.05) is 18.4 Å². The van der Waals surface area contributed by atoms with E-state index in [1.54, 1.807) is 17.8 Å². The van der Waals surface area contributed by atoms with Gasteiger partial charge in [-0.25, -0.2) is 4.79 Å². The molecule has 0 aliphatic rings. The predicted octanol–water partition coefficient (Wildman–Crippen LogP) is 3.83. The quantitative estimate of drug-likeness (QED) is 0.492. The molecular weight excluding hydrogens is 300 g/mol. The molecule has 0 amide bonds. The molecule has 0 fully saturated rings. The molecule has 1 N–H and O–H groups in total. The Bertz CT molecular complexity index is 416. The third kappa shape index (κ3) is 4.56. The maximum atomic E-state index is 10.6. The minimum Gasteiger partial charge on any atom is -0.478 e. The monoisotopic (exact) mass is 314 g/mol. The first kappa shape index (κ1) is 14.3. The lowest BCUT2D eigenvalue weighted by Gasteiger charge is -2.09. The van der Waals surface area contributed by atoms with Crippen LogP contribution in [-0.2, 0) is 11.2 Å². The minimum atomic E-state index is -0.910. The molecule has 1 aromatic carbocycles. The molecule has 1 rings (SSSR count). The van der Waals surface area contributed by atoms with Crippen molar-refractivity contribution in [3.8, 4) is 0 Å². The molecule has 0 aliphatic carbocycles. The Kier molecular flexibility index (Phi) is 6.37. The highest BCUT2D eigenvalue weighted by Crippen LogP contribution is 2.26. The number of aryl methyl sites for hydroxylation is 1. The summed E-state index contributed by atoms with van der Waals surface area (Å²) < 4.78 is 0. The van der Waals surface area contributed by atoms with E-state index in [2.05, 4.69) is 22.0 Å². The Morgan fingerprint density at radius 3 is 2.88 bits per heavy atom. The van der Waals surface area contributed by atoms with E-state index in [1.165, 1.54) is 11.6 Å². The van der Waals surface area contributed by atoms with Gasteiger partial charge in [-0.3, -0.25) is 0 Å². The number of carboxylic acids is 1. The molecule has 0 saturated carbocycles. The van der Waals surface area contributed by atoms with Crippen LogP contribution in [-0.4, -0.2) is 22.7 Å². The van der Waals surface area contributed by atoms with E-state index >= 15 is 0 Å². The molecular formula is C13H15BrO2S. The SMILES string of the molecule is CSc1cccc(CCCBr)c1C=CC(=O)O. The lowest BCUT2D eigenvalue weighted by Crippen LogP contribution is -1.94. The van der Waals surface area contributed by atoms with Crippen LogP contribution in [0.25, 0.3) is 6.08 Å². The van der Waals surface area contributed by atoms with Gasteiger partial charge in [0.05, 0.1) is 0 Å². The summed E-state index contributed by atoms with van der Waals surface area (Å²) >= 11 is 5.05. The zero-order chi connectivity index (χ0) is 12.7. The van der Waals surface area contributed by atoms with Crippen LogP contribution in [0.3, 0.4) is 0 Å². The van der Waals surface area contributed by atoms with E-state index in [-0.39, 0.29) is 0 Å². The molecule has 0 saturated heterocycles. The second-order valence-electron chi connectivity index (χ2n) is 3.50. The van der Waals surface area contributed by atoms with Crippen LogP contribution in [0.2, 0.25) is 0 Å². The summed E-state index contributed by atoms with van der Waals surface area (Å²) in [7, 11) is 0. The van der Waals surface area contributed by atoms with Crippen LogP contribution in [0.15, 0.2) is 29.2 Å². The number of benzene rings is 1. The van der Waals surface area contributed by atoms with Gasteiger partial charge in [-0.15, -0.1) is 11.8 Å². The molecule has 1 aromatic rings. The number of carboxylic acid groups (broad SMARTS) is 1. The molecule has 0 heterocycles. The fourth-order valence-corrected chi connectivity index (χ4v) is 2.50. The zero-order valence-corrected chi connectivity index (χ0v) is 12.1. The highest BCUT2D eigenvalue weighted by molar-refractivity contribution is 9.09. The van der Waals surface area contributed by atoms with Gasteiger partial charge in [0.25, 0.3) is 0 Å². The summed E-state index contributed by atoms with van der Waals surface area (Å²) in [4.78, 5) is 11.7. The lowest BCUT2D eigenvalue weighted by atomic mass is 10.0. The van der Waals surface area contributed by atoms with E-state index in [0.717, 1.165) is 28.6 Å². The topological polar surface area (TPSA) is 37.3 Å². The summed E-state index contributed by atoms with van der Waals surface area (Å²) in [5.74, 6) is -0.910. The standard InChI is InChI=1S/C13H15BrO2S/c1-17-12-6-2-4-10(5-3-9-14)11(12)7-8-13(15)16/h2,4,6-8H,3,5,9H2,1H3,(H,15,16). The number of halogens is 1. The van der Waals surface area contributed by atoms with Crippen LogP contribution >= 0.6 is 27.7 Å². The molecule has 17 heavy (non-hydrogen) atoms. The zero-order valence-electron chi connectivity index (χ0n) is 9.65. The molecule has 0 aliphatic heterocycles. The largest absolute Gasteiger partial charge is 0.478 e. The molecule has 0 bridgehead atoms. The van der Waals surface area contributed by atoms with Gasteiger partial charge in [-0.1, -0.05) is 28.1 Å². The first-order chi connectivity index (χ1) is 8.19. The summed E-state index contributed by atoms with van der Waals surface area (Å²) in [6, 6.07) is 6.10. The van der Waals surface area contributed by atoms with Gasteiger partial charge in [-0.2, -0.15) is 0 Å². The van der Waals surface area contributed by atoms with Crippen molar-refractivity contribution in [3.63, 3.8) is 0 Å². The number of carbonyl (C=O) groups is 1. The Labute approximate surface area is 114 Å². The van der Waals surface area contributed by atoms with Crippen molar-refractivity contribution in [1.29, 1.82) is 0 Å². The number of hydrogen-bond donors (Lipinski definition) is 1. The highest BCUT2D eigenvalue weighted by Gasteiger charge is 2.05. The van der Waals surface area contributed by atoms with Crippen molar-refractivity contribution >= 4 is 39.7 Å². The van der Waals surface area contributed by atoms with Gasteiger partial charge in [0.15, 0.2) is 0 Å². The molecule has 2 nitrogen and oxygen atoms in total. The average Bonchev–Trinajstić information content (AvgIpc) is 2.33. The van der Waals surface area contributed by atoms with Crippen LogP contribution in [0.4, 0.5) is 0 Å². The molecule has 4 heteroatoms. The number of alkyl halides is 1. The van der Waals surface area contributed by atoms with Gasteiger partial charge in [-0.05, 0) is 42.4 Å². The predicted molar refractivity (Wildman–Crippen MR) is 77.0 cm³/mol. The van der Waals surface area contributed by atoms with Gasteiger partial charge < -0.3 is 5.11 Å². The summed E-state index contributed by atoms with van der Waals surface area (Å²) in [5.41, 5.74) is 2.23. The van der Waals surface area contributed by atoms with Gasteiger partial charge >= 0.3 is 5.97 Å². The summed E-state index contributed by atoms with van der Waals surface area (Å²) in [6.07, 6.45) is 6.90. The van der Waals surface area contributed by atoms with Gasteiger partial charge in [0, 0.05) is 16.3 Å². The van der Waals surface area contributed by atoms with Crippen LogP contribution in [0.1, 0.15) is 17.5 Å². The second kappa shape index (κ2) is 7.56. The summed E-state index contributed by atoms with van der Waals surface area (Å²) in [6.45, 7) is 0. The first-order valence-corrected chi connectivity index (χ1v) is 7.66. The fourth-order valence-electron chi connectivity index (χ4n) is 1.59. The first-order valence-electron chi connectivity index (χ1n) is 5.32. The average molecular weight is 315 g/mol. The van der Waals surface area contributed by atoms with Crippen molar-refractivity contribution in [2.24, 2.45) is 0 Å². The van der Waals surface area contributed by atoms with Crippen molar-refractivity contribution < 1.29 is 9.90 Å². The van der Waals surface area contributed by atoms with E-state index in [9.17, 15) is 4.79 Å². The van der Waals surface area contributed by atoms with Gasteiger partial charge in [0.1, 0.15) is 0 Å². The number of rotatable bonds is 6. The number of thioether (sulfide) groups is 1. The fraction of sp³-hybridized carbons (Fsp3) is 0.308. The maximum Gasteiger partial charge on any atom is 0.328 e. The Balaban J connectivity index is 3.06. The van der Waals surface area contributed by atoms with E-state index < -0.39 is 5.97 Å². The van der Waals surface area contributed by atoms with E-state index in [4.69, 9.17) is 5.11 Å². The molecule has 0 aromatic heterocycles. The van der Waals surface area contributed by atoms with Crippen LogP contribution in [0, 0.1) is 0 Å². The Morgan fingerprint density at radius 2 is 2.29 bits per heavy atom. The van der Waals surface area contributed by atoms with Crippen molar-refractivity contribution in [3.05, 3.63) is 35.4 Å². The van der Waals surface area contributed by atoms with Crippen molar-refractivity contribution in [1.82, 2.24) is 0 Å². The highest BCUT2D eigenvalue weighted by atomic mass is 79.9. The normalized spacial score (nSPS) is 10.9. The third-order valence-electron chi connectivity index (χ3n) is 2.35. The lowest BCUT2D eigenvalue weighted by molar-refractivity contribution is -0.131. The van der Waals surface area contributed by atoms with E-state index in [0.29, 0.717) is 0 Å². The summed E-state index contributed by atoms with van der Waals surface area (Å²) in [5, 5.41) is 9.66. The molecule has 0 radical (unpaired) electrons. The number of aliphatic carboxylic acids is 1. The smallest absolute Gasteiger partial charge is 0.328 e. The maximum absolute atomic E-state index is 10.6. The van der Waals surface area contributed by atoms with Crippen LogP contribution < -0.4 is 0 Å². The van der Waals surface area contributed by atoms with Gasteiger partial charge in [0.2, 0.25) is 0 Å². The Morgan fingerprint density at radius 1 is 1.53 bits per heavy atom. The molecule has 92 valence electrons.